The molecule has 0 spiro atoms. The molecule has 6 heteroatoms. The minimum atomic E-state index is -3.60. The van der Waals surface area contributed by atoms with Crippen molar-refractivity contribution >= 4 is 10.0 Å². The van der Waals surface area contributed by atoms with Crippen LogP contribution in [0.25, 0.3) is 11.1 Å². The fraction of sp³-hybridized carbons (Fsp3) is 0.227. The zero-order valence-corrected chi connectivity index (χ0v) is 16.9. The summed E-state index contributed by atoms with van der Waals surface area (Å²) in [5.41, 5.74) is 2.91. The van der Waals surface area contributed by atoms with Crippen LogP contribution in [0.5, 0.6) is 0 Å². The van der Waals surface area contributed by atoms with Gasteiger partial charge in [-0.25, -0.2) is 8.42 Å². The smallest absolute Gasteiger partial charge is 0.250 e. The molecule has 0 unspecified atom stereocenters. The summed E-state index contributed by atoms with van der Waals surface area (Å²) in [4.78, 5) is 12.4. The number of hydrogen-bond acceptors (Lipinski definition) is 3. The van der Waals surface area contributed by atoms with Gasteiger partial charge in [0, 0.05) is 25.4 Å². The maximum Gasteiger partial charge on any atom is 0.250 e. The van der Waals surface area contributed by atoms with Crippen LogP contribution in [0, 0.1) is 0 Å². The third-order valence-corrected chi connectivity index (χ3v) is 6.75. The van der Waals surface area contributed by atoms with Crippen molar-refractivity contribution in [3.63, 3.8) is 0 Å². The molecule has 1 aromatic heterocycles. The molecule has 1 heterocycles. The minimum Gasteiger partial charge on any atom is -0.310 e. The van der Waals surface area contributed by atoms with Crippen LogP contribution in [0.15, 0.2) is 82.6 Å². The lowest BCUT2D eigenvalue weighted by atomic mass is 10.0. The standard InChI is InChI=1S/C22H24N2O3S/c1-3-24(4-2)28(26,27)21-14-15-22(25)23(17-21)16-18-10-12-20(13-11-18)19-8-6-5-7-9-19/h5-15,17H,3-4,16H2,1-2H3. The molecule has 3 rings (SSSR count). The zero-order valence-electron chi connectivity index (χ0n) is 16.1. The van der Waals surface area contributed by atoms with Crippen molar-refractivity contribution in [3.8, 4) is 11.1 Å². The molecule has 0 saturated carbocycles. The number of sulfonamides is 1. The van der Waals surface area contributed by atoms with Gasteiger partial charge in [0.25, 0.3) is 5.56 Å². The van der Waals surface area contributed by atoms with E-state index in [0.717, 1.165) is 16.7 Å². The van der Waals surface area contributed by atoms with Gasteiger partial charge in [0.1, 0.15) is 0 Å². The van der Waals surface area contributed by atoms with Crippen molar-refractivity contribution in [2.75, 3.05) is 13.1 Å². The average molecular weight is 397 g/mol. The topological polar surface area (TPSA) is 59.4 Å². The van der Waals surface area contributed by atoms with E-state index < -0.39 is 10.0 Å². The molecule has 0 atom stereocenters. The number of rotatable bonds is 7. The highest BCUT2D eigenvalue weighted by Gasteiger charge is 2.22. The predicted molar refractivity (Wildman–Crippen MR) is 112 cm³/mol. The maximum absolute atomic E-state index is 12.7. The first-order valence-electron chi connectivity index (χ1n) is 9.30. The summed E-state index contributed by atoms with van der Waals surface area (Å²) in [7, 11) is -3.60. The fourth-order valence-corrected chi connectivity index (χ4v) is 4.61. The van der Waals surface area contributed by atoms with Crippen molar-refractivity contribution in [3.05, 3.63) is 88.8 Å². The van der Waals surface area contributed by atoms with E-state index in [2.05, 4.69) is 0 Å². The Bertz CT molecular complexity index is 1080. The Morgan fingerprint density at radius 3 is 2.04 bits per heavy atom. The van der Waals surface area contributed by atoms with E-state index in [1.807, 2.05) is 54.6 Å². The number of aromatic nitrogens is 1. The highest BCUT2D eigenvalue weighted by Crippen LogP contribution is 2.20. The van der Waals surface area contributed by atoms with Gasteiger partial charge in [-0.1, -0.05) is 68.4 Å². The molecule has 0 aliphatic carbocycles. The second-order valence-electron chi connectivity index (χ2n) is 6.48. The molecule has 0 aliphatic rings. The summed E-state index contributed by atoms with van der Waals surface area (Å²) in [5, 5.41) is 0. The molecule has 3 aromatic rings. The Balaban J connectivity index is 1.88. The van der Waals surface area contributed by atoms with E-state index >= 15 is 0 Å². The third kappa shape index (κ3) is 4.24. The monoisotopic (exact) mass is 396 g/mol. The van der Waals surface area contributed by atoms with Crippen LogP contribution in [-0.4, -0.2) is 30.4 Å². The van der Waals surface area contributed by atoms with Gasteiger partial charge >= 0.3 is 0 Å². The minimum absolute atomic E-state index is 0.136. The first kappa shape index (κ1) is 20.0. The Morgan fingerprint density at radius 2 is 1.43 bits per heavy atom. The first-order chi connectivity index (χ1) is 13.5. The summed E-state index contributed by atoms with van der Waals surface area (Å²) < 4.78 is 28.3. The van der Waals surface area contributed by atoms with Crippen LogP contribution in [0.1, 0.15) is 19.4 Å². The molecule has 0 saturated heterocycles. The van der Waals surface area contributed by atoms with Crippen molar-refractivity contribution in [2.45, 2.75) is 25.3 Å². The number of nitrogens with zero attached hydrogens (tertiary/aromatic N) is 2. The maximum atomic E-state index is 12.7. The second-order valence-corrected chi connectivity index (χ2v) is 8.42. The Morgan fingerprint density at radius 1 is 0.821 bits per heavy atom. The summed E-state index contributed by atoms with van der Waals surface area (Å²) >= 11 is 0. The van der Waals surface area contributed by atoms with Gasteiger partial charge in [0.2, 0.25) is 10.0 Å². The van der Waals surface area contributed by atoms with Crippen molar-refractivity contribution in [2.24, 2.45) is 0 Å². The van der Waals surface area contributed by atoms with Gasteiger partial charge in [0.15, 0.2) is 0 Å². The van der Waals surface area contributed by atoms with Crippen LogP contribution < -0.4 is 5.56 Å². The quantitative estimate of drug-likeness (QED) is 0.613. The summed E-state index contributed by atoms with van der Waals surface area (Å²) in [5.74, 6) is 0. The lowest BCUT2D eigenvalue weighted by Gasteiger charge is -2.19. The normalized spacial score (nSPS) is 11.7. The average Bonchev–Trinajstić information content (AvgIpc) is 2.71. The highest BCUT2D eigenvalue weighted by atomic mass is 32.2. The third-order valence-electron chi connectivity index (χ3n) is 4.71. The predicted octanol–water partition coefficient (Wildman–Crippen LogP) is 3.59. The van der Waals surface area contributed by atoms with Crippen LogP contribution in [0.3, 0.4) is 0 Å². The molecule has 146 valence electrons. The van der Waals surface area contributed by atoms with Gasteiger partial charge < -0.3 is 4.57 Å². The lowest BCUT2D eigenvalue weighted by molar-refractivity contribution is 0.444. The molecule has 0 amide bonds. The molecular weight excluding hydrogens is 372 g/mol. The van der Waals surface area contributed by atoms with Gasteiger partial charge in [-0.3, -0.25) is 4.79 Å². The van der Waals surface area contributed by atoms with Gasteiger partial charge in [0.05, 0.1) is 11.4 Å². The molecule has 2 aromatic carbocycles. The molecule has 0 radical (unpaired) electrons. The van der Waals surface area contributed by atoms with E-state index in [0.29, 0.717) is 19.6 Å². The largest absolute Gasteiger partial charge is 0.310 e. The molecule has 0 bridgehead atoms. The molecule has 0 aliphatic heterocycles. The number of benzene rings is 2. The summed E-state index contributed by atoms with van der Waals surface area (Å²) in [6.07, 6.45) is 1.43. The Kier molecular flexibility index (Phi) is 6.11. The zero-order chi connectivity index (χ0) is 20.1. The molecule has 5 nitrogen and oxygen atoms in total. The van der Waals surface area contributed by atoms with E-state index in [9.17, 15) is 13.2 Å². The Labute approximate surface area is 165 Å². The fourth-order valence-electron chi connectivity index (χ4n) is 3.13. The van der Waals surface area contributed by atoms with E-state index in [-0.39, 0.29) is 10.5 Å². The first-order valence-corrected chi connectivity index (χ1v) is 10.7. The van der Waals surface area contributed by atoms with Crippen molar-refractivity contribution in [1.29, 1.82) is 0 Å². The van der Waals surface area contributed by atoms with Crippen LogP contribution in [0.2, 0.25) is 0 Å². The van der Waals surface area contributed by atoms with Gasteiger partial charge in [-0.15, -0.1) is 0 Å². The van der Waals surface area contributed by atoms with E-state index in [1.54, 1.807) is 13.8 Å². The summed E-state index contributed by atoms with van der Waals surface area (Å²) in [6, 6.07) is 20.7. The van der Waals surface area contributed by atoms with Gasteiger partial charge in [-0.05, 0) is 22.8 Å². The molecular formula is C22H24N2O3S. The van der Waals surface area contributed by atoms with Crippen molar-refractivity contribution < 1.29 is 8.42 Å². The second kappa shape index (κ2) is 8.54. The summed E-state index contributed by atoms with van der Waals surface area (Å²) in [6.45, 7) is 4.68. The van der Waals surface area contributed by atoms with Crippen molar-refractivity contribution in [1.82, 2.24) is 8.87 Å². The number of hydrogen-bond donors (Lipinski definition) is 0. The van der Waals surface area contributed by atoms with Crippen LogP contribution >= 0.6 is 0 Å². The SMILES string of the molecule is CCN(CC)S(=O)(=O)c1ccc(=O)n(Cc2ccc(-c3ccccc3)cc2)c1. The Hall–Kier alpha value is -2.70. The molecule has 28 heavy (non-hydrogen) atoms. The van der Waals surface area contributed by atoms with Crippen LogP contribution in [0.4, 0.5) is 0 Å². The van der Waals surface area contributed by atoms with E-state index in [4.69, 9.17) is 0 Å². The van der Waals surface area contributed by atoms with E-state index in [1.165, 1.54) is 27.2 Å². The lowest BCUT2D eigenvalue weighted by Crippen LogP contribution is -2.32. The molecule has 0 fully saturated rings. The van der Waals surface area contributed by atoms with Crippen LogP contribution in [-0.2, 0) is 16.6 Å². The highest BCUT2D eigenvalue weighted by molar-refractivity contribution is 7.89. The van der Waals surface area contributed by atoms with Gasteiger partial charge in [-0.2, -0.15) is 4.31 Å². The molecule has 0 N–H and O–H groups in total. The number of pyridine rings is 1.